The summed E-state index contributed by atoms with van der Waals surface area (Å²) in [6.07, 6.45) is 0.622. The summed E-state index contributed by atoms with van der Waals surface area (Å²) in [5, 5.41) is 0.0633. The van der Waals surface area contributed by atoms with E-state index >= 15 is 0 Å². The van der Waals surface area contributed by atoms with Gasteiger partial charge in [0.2, 0.25) is 11.6 Å². The number of ketones is 2. The summed E-state index contributed by atoms with van der Waals surface area (Å²) in [7, 11) is 0. The summed E-state index contributed by atoms with van der Waals surface area (Å²) >= 11 is 24.1. The summed E-state index contributed by atoms with van der Waals surface area (Å²) in [5.74, 6) is -1.71. The van der Waals surface area contributed by atoms with Crippen molar-refractivity contribution in [3.8, 4) is 0 Å². The van der Waals surface area contributed by atoms with Gasteiger partial charge in [-0.15, -0.1) is 23.2 Å². The quantitative estimate of drug-likeness (QED) is 0.506. The highest BCUT2D eigenvalue weighted by atomic mass is 35.5. The highest BCUT2D eigenvalue weighted by Gasteiger charge is 2.78. The predicted molar refractivity (Wildman–Crippen MR) is 57.5 cm³/mol. The van der Waals surface area contributed by atoms with Crippen LogP contribution in [0.25, 0.3) is 0 Å². The van der Waals surface area contributed by atoms with Crippen molar-refractivity contribution in [2.75, 3.05) is 0 Å². The maximum absolute atomic E-state index is 11.8. The van der Waals surface area contributed by atoms with Crippen LogP contribution >= 0.6 is 46.4 Å². The van der Waals surface area contributed by atoms with Gasteiger partial charge in [0.25, 0.3) is 0 Å². The van der Waals surface area contributed by atoms with Gasteiger partial charge >= 0.3 is 0 Å². The molecule has 0 N–H and O–H groups in total. The van der Waals surface area contributed by atoms with E-state index in [-0.39, 0.29) is 21.9 Å². The zero-order chi connectivity index (χ0) is 11.2. The van der Waals surface area contributed by atoms with E-state index in [4.69, 9.17) is 46.4 Å². The average Bonchev–Trinajstić information content (AvgIpc) is 3.00. The van der Waals surface area contributed by atoms with E-state index in [0.717, 1.165) is 0 Å². The van der Waals surface area contributed by atoms with Gasteiger partial charge in [-0.1, -0.05) is 23.2 Å². The third-order valence-electron chi connectivity index (χ3n) is 3.51. The van der Waals surface area contributed by atoms with Crippen molar-refractivity contribution in [2.24, 2.45) is 11.8 Å². The SMILES string of the molecule is O=C1C(=O)C2(Cl)C(Cl)=C(Cl)C1(Cl)C1CC12. The first-order chi connectivity index (χ1) is 6.86. The van der Waals surface area contributed by atoms with Crippen molar-refractivity contribution < 1.29 is 9.59 Å². The molecular weight excluding hydrogens is 282 g/mol. The molecule has 2 nitrogen and oxygen atoms in total. The second-order valence-electron chi connectivity index (χ2n) is 4.16. The molecule has 0 aromatic rings. The molecule has 4 aliphatic rings. The van der Waals surface area contributed by atoms with Gasteiger partial charge in [-0.3, -0.25) is 9.59 Å². The van der Waals surface area contributed by atoms with Crippen LogP contribution in [0, 0.1) is 11.8 Å². The highest BCUT2D eigenvalue weighted by Crippen LogP contribution is 2.70. The van der Waals surface area contributed by atoms with E-state index in [1.54, 1.807) is 0 Å². The van der Waals surface area contributed by atoms with Crippen LogP contribution in [0.5, 0.6) is 0 Å². The summed E-state index contributed by atoms with van der Waals surface area (Å²) < 4.78 is 0. The van der Waals surface area contributed by atoms with Crippen molar-refractivity contribution in [2.45, 2.75) is 16.2 Å². The number of halogens is 4. The molecule has 0 aromatic heterocycles. The van der Waals surface area contributed by atoms with Crippen molar-refractivity contribution in [3.63, 3.8) is 0 Å². The first kappa shape index (κ1) is 10.4. The number of allylic oxidation sites excluding steroid dienone is 2. The Bertz CT molecular complexity index is 417. The second kappa shape index (κ2) is 2.56. The van der Waals surface area contributed by atoms with Crippen LogP contribution in [0.15, 0.2) is 10.1 Å². The lowest BCUT2D eigenvalue weighted by Crippen LogP contribution is -2.60. The lowest BCUT2D eigenvalue weighted by atomic mass is 9.72. The van der Waals surface area contributed by atoms with Crippen LogP contribution in [0.1, 0.15) is 6.42 Å². The molecule has 15 heavy (non-hydrogen) atoms. The van der Waals surface area contributed by atoms with Crippen LogP contribution in [-0.4, -0.2) is 21.3 Å². The zero-order valence-corrected chi connectivity index (χ0v) is 10.2. The van der Waals surface area contributed by atoms with Gasteiger partial charge in [-0.2, -0.15) is 0 Å². The Kier molecular flexibility index (Phi) is 1.77. The molecule has 4 rings (SSSR count). The number of hydrogen-bond donors (Lipinski definition) is 0. The molecule has 4 aliphatic carbocycles. The molecule has 0 spiro atoms. The van der Waals surface area contributed by atoms with Crippen LogP contribution in [0.2, 0.25) is 0 Å². The molecule has 80 valence electrons. The van der Waals surface area contributed by atoms with Gasteiger partial charge in [-0.05, 0) is 18.3 Å². The Hall–Kier alpha value is 0.240. The van der Waals surface area contributed by atoms with Crippen molar-refractivity contribution in [1.29, 1.82) is 0 Å². The van der Waals surface area contributed by atoms with Gasteiger partial charge in [-0.25, -0.2) is 0 Å². The average molecular weight is 286 g/mol. The summed E-state index contributed by atoms with van der Waals surface area (Å²) in [6, 6.07) is 0. The highest BCUT2D eigenvalue weighted by molar-refractivity contribution is 6.70. The smallest absolute Gasteiger partial charge is 0.227 e. The molecule has 2 fully saturated rings. The Morgan fingerprint density at radius 2 is 1.27 bits per heavy atom. The van der Waals surface area contributed by atoms with Crippen LogP contribution in [-0.2, 0) is 9.59 Å². The topological polar surface area (TPSA) is 34.1 Å². The molecule has 0 amide bonds. The van der Waals surface area contributed by atoms with Gasteiger partial charge in [0.05, 0.1) is 10.1 Å². The molecule has 2 bridgehead atoms. The minimum Gasteiger partial charge on any atom is -0.288 e. The fraction of sp³-hybridized carbons (Fsp3) is 0.556. The van der Waals surface area contributed by atoms with Crippen LogP contribution < -0.4 is 0 Å². The zero-order valence-electron chi connectivity index (χ0n) is 7.19. The molecule has 6 heteroatoms. The van der Waals surface area contributed by atoms with Gasteiger partial charge in [0.15, 0.2) is 9.75 Å². The summed E-state index contributed by atoms with van der Waals surface area (Å²) in [4.78, 5) is 20.7. The number of fused-ring (bicyclic) bond motifs is 1. The van der Waals surface area contributed by atoms with Crippen molar-refractivity contribution in [3.05, 3.63) is 10.1 Å². The Morgan fingerprint density at radius 3 is 1.60 bits per heavy atom. The third kappa shape index (κ3) is 0.845. The van der Waals surface area contributed by atoms with E-state index in [1.165, 1.54) is 0 Å². The molecular formula is C9H4Cl4O2. The number of rotatable bonds is 0. The van der Waals surface area contributed by atoms with E-state index in [1.807, 2.05) is 0 Å². The van der Waals surface area contributed by atoms with Crippen LogP contribution in [0.4, 0.5) is 0 Å². The molecule has 0 saturated heterocycles. The molecule has 0 heterocycles. The Morgan fingerprint density at radius 1 is 0.933 bits per heavy atom. The lowest BCUT2D eigenvalue weighted by Gasteiger charge is -2.42. The van der Waals surface area contributed by atoms with Crippen molar-refractivity contribution in [1.82, 2.24) is 0 Å². The maximum Gasteiger partial charge on any atom is 0.227 e. The first-order valence-electron chi connectivity index (χ1n) is 4.39. The number of alkyl halides is 2. The number of Topliss-reactive ketones (excluding diaryl/α,β-unsaturated/α-hetero) is 2. The molecule has 4 atom stereocenters. The lowest BCUT2D eigenvalue weighted by molar-refractivity contribution is -0.141. The number of carbonyl (C=O) groups is 2. The van der Waals surface area contributed by atoms with Gasteiger partial charge < -0.3 is 0 Å². The summed E-state index contributed by atoms with van der Waals surface area (Å²) in [6.45, 7) is 0. The fourth-order valence-corrected chi connectivity index (χ4v) is 4.28. The molecule has 2 saturated carbocycles. The second-order valence-corrected chi connectivity index (χ2v) is 6.11. The largest absolute Gasteiger partial charge is 0.288 e. The van der Waals surface area contributed by atoms with Crippen LogP contribution in [0.3, 0.4) is 0 Å². The van der Waals surface area contributed by atoms with E-state index in [2.05, 4.69) is 0 Å². The maximum atomic E-state index is 11.8. The normalized spacial score (nSPS) is 52.3. The Labute approximate surface area is 105 Å². The molecule has 0 aromatic carbocycles. The van der Waals surface area contributed by atoms with Gasteiger partial charge in [0.1, 0.15) is 0 Å². The van der Waals surface area contributed by atoms with E-state index in [0.29, 0.717) is 6.42 Å². The molecule has 0 aliphatic heterocycles. The standard InChI is InChI=1S/C9H4Cl4O2/c10-4-5(11)9(13)3-1-2(3)8(4,12)6(14)7(9)15/h2-3H,1H2. The van der Waals surface area contributed by atoms with E-state index < -0.39 is 21.3 Å². The summed E-state index contributed by atoms with van der Waals surface area (Å²) in [5.41, 5.74) is 0. The monoisotopic (exact) mass is 284 g/mol. The minimum absolute atomic E-state index is 0.0317. The van der Waals surface area contributed by atoms with E-state index in [9.17, 15) is 9.59 Å². The fourth-order valence-electron chi connectivity index (χ4n) is 2.59. The predicted octanol–water partition coefficient (Wildman–Crippen LogP) is 2.43. The van der Waals surface area contributed by atoms with Gasteiger partial charge in [0, 0.05) is 0 Å². The first-order valence-corrected chi connectivity index (χ1v) is 5.90. The number of carbonyl (C=O) groups excluding carboxylic acids is 2. The Balaban J connectivity index is 2.37. The molecule has 0 radical (unpaired) electrons. The number of hydrogen-bond acceptors (Lipinski definition) is 2. The molecule has 4 unspecified atom stereocenters. The third-order valence-corrected chi connectivity index (χ3v) is 6.06. The van der Waals surface area contributed by atoms with Crippen molar-refractivity contribution >= 4 is 58.0 Å². The minimum atomic E-state index is -1.43.